The van der Waals surface area contributed by atoms with Crippen molar-refractivity contribution < 1.29 is 29.0 Å². The molecular weight excluding hydrogens is 470 g/mol. The van der Waals surface area contributed by atoms with Gasteiger partial charge < -0.3 is 14.6 Å². The Morgan fingerprint density at radius 2 is 1.57 bits per heavy atom. The Morgan fingerprint density at radius 1 is 0.892 bits per heavy atom. The van der Waals surface area contributed by atoms with Gasteiger partial charge in [0.05, 0.1) is 30.4 Å². The van der Waals surface area contributed by atoms with Crippen molar-refractivity contribution in [2.45, 2.75) is 33.7 Å². The molecule has 1 unspecified atom stereocenters. The number of aliphatic hydroxyl groups excluding tert-OH is 1. The van der Waals surface area contributed by atoms with Crippen LogP contribution in [0, 0.1) is 13.8 Å². The standard InChI is InChI=1S/C30H29NO6/c1-5-36-24-16-13-21(17-19(24)4)27(32)25-26(23-10-8-7-9-18(23)3)31(29(34)28(25)33)22-14-11-20(12-15-22)30(35)37-6-2/h7-17,26,32H,5-6H2,1-4H3/b27-25+. The number of Topliss-reactive ketones (excluding diaryl/α,β-unsaturated/α-hetero) is 1. The Bertz CT molecular complexity index is 1390. The van der Waals surface area contributed by atoms with Crippen molar-refractivity contribution in [3.63, 3.8) is 0 Å². The number of hydrogen-bond acceptors (Lipinski definition) is 6. The lowest BCUT2D eigenvalue weighted by atomic mass is 9.92. The number of benzene rings is 3. The molecule has 1 amide bonds. The molecule has 0 aliphatic carbocycles. The minimum absolute atomic E-state index is 0.00247. The number of ketones is 1. The van der Waals surface area contributed by atoms with E-state index in [-0.39, 0.29) is 17.9 Å². The van der Waals surface area contributed by atoms with Crippen molar-refractivity contribution in [1.29, 1.82) is 0 Å². The topological polar surface area (TPSA) is 93.1 Å². The normalized spacial score (nSPS) is 16.6. The molecule has 1 atom stereocenters. The number of carbonyl (C=O) groups excluding carboxylic acids is 3. The van der Waals surface area contributed by atoms with Crippen LogP contribution in [-0.2, 0) is 14.3 Å². The number of aryl methyl sites for hydroxylation is 2. The van der Waals surface area contributed by atoms with Crippen LogP contribution in [0.2, 0.25) is 0 Å². The van der Waals surface area contributed by atoms with E-state index in [1.807, 2.05) is 45.0 Å². The maximum Gasteiger partial charge on any atom is 0.338 e. The third-order valence-electron chi connectivity index (χ3n) is 6.33. The zero-order valence-corrected chi connectivity index (χ0v) is 21.3. The Morgan fingerprint density at radius 3 is 2.19 bits per heavy atom. The van der Waals surface area contributed by atoms with Crippen molar-refractivity contribution in [2.24, 2.45) is 0 Å². The molecule has 1 aliphatic rings. The monoisotopic (exact) mass is 499 g/mol. The number of rotatable bonds is 7. The van der Waals surface area contributed by atoms with E-state index in [2.05, 4.69) is 0 Å². The molecule has 4 rings (SSSR count). The van der Waals surface area contributed by atoms with E-state index >= 15 is 0 Å². The van der Waals surface area contributed by atoms with Gasteiger partial charge in [-0.25, -0.2) is 4.79 Å². The van der Waals surface area contributed by atoms with E-state index in [9.17, 15) is 19.5 Å². The number of hydrogen-bond donors (Lipinski definition) is 1. The Kier molecular flexibility index (Phi) is 7.43. The zero-order chi connectivity index (χ0) is 26.7. The molecule has 7 nitrogen and oxygen atoms in total. The van der Waals surface area contributed by atoms with Crippen LogP contribution >= 0.6 is 0 Å². The first-order chi connectivity index (χ1) is 17.8. The highest BCUT2D eigenvalue weighted by atomic mass is 16.5. The minimum Gasteiger partial charge on any atom is -0.507 e. The summed E-state index contributed by atoms with van der Waals surface area (Å²) in [5.74, 6) is -1.61. The third kappa shape index (κ3) is 4.85. The van der Waals surface area contributed by atoms with E-state index in [0.29, 0.717) is 34.7 Å². The van der Waals surface area contributed by atoms with Crippen LogP contribution in [0.25, 0.3) is 5.76 Å². The van der Waals surface area contributed by atoms with Gasteiger partial charge in [0, 0.05) is 11.3 Å². The molecule has 1 aliphatic heterocycles. The molecule has 0 spiro atoms. The Balaban J connectivity index is 1.87. The van der Waals surface area contributed by atoms with Crippen LogP contribution in [-0.4, -0.2) is 36.0 Å². The molecule has 37 heavy (non-hydrogen) atoms. The van der Waals surface area contributed by atoms with Gasteiger partial charge in [-0.15, -0.1) is 0 Å². The summed E-state index contributed by atoms with van der Waals surface area (Å²) in [6.45, 7) is 8.09. The van der Waals surface area contributed by atoms with Crippen molar-refractivity contribution in [2.75, 3.05) is 18.1 Å². The highest BCUT2D eigenvalue weighted by Gasteiger charge is 2.47. The van der Waals surface area contributed by atoms with Gasteiger partial charge >= 0.3 is 5.97 Å². The summed E-state index contributed by atoms with van der Waals surface area (Å²) >= 11 is 0. The first-order valence-corrected chi connectivity index (χ1v) is 12.2. The molecular formula is C30H29NO6. The van der Waals surface area contributed by atoms with E-state index < -0.39 is 23.7 Å². The molecule has 0 bridgehead atoms. The number of amides is 1. The van der Waals surface area contributed by atoms with Gasteiger partial charge in [-0.1, -0.05) is 24.3 Å². The molecule has 0 saturated carbocycles. The Labute approximate surface area is 215 Å². The van der Waals surface area contributed by atoms with E-state index in [1.165, 1.54) is 4.90 Å². The van der Waals surface area contributed by atoms with Gasteiger partial charge in [-0.3, -0.25) is 14.5 Å². The zero-order valence-electron chi connectivity index (χ0n) is 21.3. The van der Waals surface area contributed by atoms with Crippen LogP contribution in [0.4, 0.5) is 5.69 Å². The third-order valence-corrected chi connectivity index (χ3v) is 6.33. The first-order valence-electron chi connectivity index (χ1n) is 12.2. The summed E-state index contributed by atoms with van der Waals surface area (Å²) in [6, 6.07) is 18.0. The second-order valence-electron chi connectivity index (χ2n) is 8.71. The van der Waals surface area contributed by atoms with Gasteiger partial charge in [0.2, 0.25) is 0 Å². The minimum atomic E-state index is -0.860. The van der Waals surface area contributed by atoms with Crippen molar-refractivity contribution in [1.82, 2.24) is 0 Å². The molecule has 190 valence electrons. The molecule has 0 radical (unpaired) electrons. The fourth-order valence-electron chi connectivity index (χ4n) is 4.53. The number of ether oxygens (including phenoxy) is 2. The molecule has 0 aromatic heterocycles. The summed E-state index contributed by atoms with van der Waals surface area (Å²) < 4.78 is 10.6. The van der Waals surface area contributed by atoms with Crippen LogP contribution < -0.4 is 9.64 Å². The van der Waals surface area contributed by atoms with Gasteiger partial charge in [-0.05, 0) is 86.8 Å². The lowest BCUT2D eigenvalue weighted by molar-refractivity contribution is -0.132. The fourth-order valence-corrected chi connectivity index (χ4v) is 4.53. The maximum absolute atomic E-state index is 13.4. The van der Waals surface area contributed by atoms with Gasteiger partial charge in [0.25, 0.3) is 11.7 Å². The highest BCUT2D eigenvalue weighted by molar-refractivity contribution is 6.51. The van der Waals surface area contributed by atoms with Crippen molar-refractivity contribution >= 4 is 29.1 Å². The molecule has 7 heteroatoms. The van der Waals surface area contributed by atoms with Crippen LogP contribution in [0.1, 0.15) is 52.5 Å². The smallest absolute Gasteiger partial charge is 0.338 e. The van der Waals surface area contributed by atoms with Crippen molar-refractivity contribution in [3.05, 3.63) is 100 Å². The second kappa shape index (κ2) is 10.7. The van der Waals surface area contributed by atoms with Crippen LogP contribution in [0.5, 0.6) is 5.75 Å². The SMILES string of the molecule is CCOC(=O)c1ccc(N2C(=O)C(=O)/C(=C(/O)c3ccc(OCC)c(C)c3)C2c2ccccc2C)cc1. The molecule has 1 N–H and O–H groups in total. The summed E-state index contributed by atoms with van der Waals surface area (Å²) in [7, 11) is 0. The molecule has 1 heterocycles. The van der Waals surface area contributed by atoms with Crippen molar-refractivity contribution in [3.8, 4) is 5.75 Å². The highest BCUT2D eigenvalue weighted by Crippen LogP contribution is 2.43. The summed E-state index contributed by atoms with van der Waals surface area (Å²) in [6.07, 6.45) is 0. The maximum atomic E-state index is 13.4. The van der Waals surface area contributed by atoms with E-state index in [1.54, 1.807) is 49.4 Å². The van der Waals surface area contributed by atoms with Gasteiger partial charge in [0.15, 0.2) is 0 Å². The lowest BCUT2D eigenvalue weighted by Crippen LogP contribution is -2.29. The average Bonchev–Trinajstić information content (AvgIpc) is 3.15. The first kappa shape index (κ1) is 25.7. The Hall–Kier alpha value is -4.39. The molecule has 1 fully saturated rings. The van der Waals surface area contributed by atoms with E-state index in [0.717, 1.165) is 11.1 Å². The number of aliphatic hydroxyl groups is 1. The number of anilines is 1. The lowest BCUT2D eigenvalue weighted by Gasteiger charge is -2.26. The quantitative estimate of drug-likeness (QED) is 0.200. The number of esters is 1. The molecule has 3 aromatic carbocycles. The van der Waals surface area contributed by atoms with E-state index in [4.69, 9.17) is 9.47 Å². The summed E-state index contributed by atoms with van der Waals surface area (Å²) in [5, 5.41) is 11.4. The van der Waals surface area contributed by atoms with Crippen LogP contribution in [0.15, 0.2) is 72.3 Å². The predicted octanol–water partition coefficient (Wildman–Crippen LogP) is 5.51. The molecule has 1 saturated heterocycles. The predicted molar refractivity (Wildman–Crippen MR) is 141 cm³/mol. The summed E-state index contributed by atoms with van der Waals surface area (Å²) in [5.41, 5.74) is 3.52. The number of carbonyl (C=O) groups is 3. The largest absolute Gasteiger partial charge is 0.507 e. The van der Waals surface area contributed by atoms with Gasteiger partial charge in [0.1, 0.15) is 11.5 Å². The summed E-state index contributed by atoms with van der Waals surface area (Å²) in [4.78, 5) is 40.3. The number of nitrogens with zero attached hydrogens (tertiary/aromatic N) is 1. The average molecular weight is 500 g/mol. The second-order valence-corrected chi connectivity index (χ2v) is 8.71. The van der Waals surface area contributed by atoms with Crippen LogP contribution in [0.3, 0.4) is 0 Å². The fraction of sp³-hybridized carbons (Fsp3) is 0.233. The molecule has 3 aromatic rings. The van der Waals surface area contributed by atoms with Gasteiger partial charge in [-0.2, -0.15) is 0 Å².